The molecule has 2 unspecified atom stereocenters. The summed E-state index contributed by atoms with van der Waals surface area (Å²) in [4.78, 5) is 24.1. The second-order valence-electron chi connectivity index (χ2n) is 4.92. The highest BCUT2D eigenvalue weighted by molar-refractivity contribution is 14.1. The Hall–Kier alpha value is 0.360. The van der Waals surface area contributed by atoms with Crippen LogP contribution in [0.3, 0.4) is 0 Å². The van der Waals surface area contributed by atoms with Gasteiger partial charge in [0.25, 0.3) is 0 Å². The van der Waals surface area contributed by atoms with Gasteiger partial charge in [0.15, 0.2) is 0 Å². The standard InChI is InChI=1S/C14H25I2NO4/c1-4-5-6-17(7-9-20-13(18)11(2)15)8-10-21-14(19)12(3)16/h11-12H,4-10H2,1-3H3/p+1. The van der Waals surface area contributed by atoms with Crippen LogP contribution in [0.2, 0.25) is 0 Å². The summed E-state index contributed by atoms with van der Waals surface area (Å²) >= 11 is 4.09. The third-order valence-electron chi connectivity index (χ3n) is 2.93. The smallest absolute Gasteiger partial charge is 0.318 e. The lowest BCUT2D eigenvalue weighted by Crippen LogP contribution is -3.13. The lowest BCUT2D eigenvalue weighted by molar-refractivity contribution is -0.900. The predicted octanol–water partition coefficient (Wildman–Crippen LogP) is 1.40. The van der Waals surface area contributed by atoms with E-state index in [1.807, 2.05) is 59.0 Å². The summed E-state index contributed by atoms with van der Waals surface area (Å²) in [6, 6.07) is 0. The first kappa shape index (κ1) is 21.4. The van der Waals surface area contributed by atoms with E-state index < -0.39 is 0 Å². The quantitative estimate of drug-likeness (QED) is 0.252. The van der Waals surface area contributed by atoms with Crippen LogP contribution in [0.5, 0.6) is 0 Å². The number of hydrogen-bond donors (Lipinski definition) is 1. The minimum Gasteiger partial charge on any atom is -0.459 e. The minimum atomic E-state index is -0.171. The SMILES string of the molecule is CCCC[NH+](CCOC(=O)C(C)I)CCOC(=O)C(C)I. The summed E-state index contributed by atoms with van der Waals surface area (Å²) < 4.78 is 10.2. The van der Waals surface area contributed by atoms with Crippen molar-refractivity contribution in [3.63, 3.8) is 0 Å². The van der Waals surface area contributed by atoms with E-state index in [2.05, 4.69) is 6.92 Å². The second-order valence-corrected chi connectivity index (χ2v) is 8.66. The van der Waals surface area contributed by atoms with E-state index in [1.165, 1.54) is 4.90 Å². The molecule has 5 nitrogen and oxygen atoms in total. The van der Waals surface area contributed by atoms with Crippen LogP contribution in [0.25, 0.3) is 0 Å². The van der Waals surface area contributed by atoms with Crippen LogP contribution in [0.15, 0.2) is 0 Å². The Morgan fingerprint density at radius 1 is 0.952 bits per heavy atom. The number of unbranched alkanes of at least 4 members (excludes halogenated alkanes) is 1. The third-order valence-corrected chi connectivity index (χ3v) is 3.95. The molecular weight excluding hydrogens is 500 g/mol. The molecule has 0 radical (unpaired) electrons. The van der Waals surface area contributed by atoms with Crippen molar-refractivity contribution in [1.29, 1.82) is 0 Å². The van der Waals surface area contributed by atoms with Crippen molar-refractivity contribution in [2.45, 2.75) is 41.5 Å². The maximum atomic E-state index is 11.4. The number of halogens is 2. The van der Waals surface area contributed by atoms with E-state index >= 15 is 0 Å². The fourth-order valence-electron chi connectivity index (χ4n) is 1.62. The van der Waals surface area contributed by atoms with Crippen molar-refractivity contribution in [3.8, 4) is 0 Å². The molecule has 0 rings (SSSR count). The molecule has 0 spiro atoms. The zero-order chi connectivity index (χ0) is 16.3. The lowest BCUT2D eigenvalue weighted by Gasteiger charge is -2.19. The summed E-state index contributed by atoms with van der Waals surface area (Å²) in [7, 11) is 0. The summed E-state index contributed by atoms with van der Waals surface area (Å²) in [5.74, 6) is -0.341. The Morgan fingerprint density at radius 3 is 1.71 bits per heavy atom. The first-order valence-corrected chi connectivity index (χ1v) is 9.82. The van der Waals surface area contributed by atoms with Gasteiger partial charge in [-0.25, -0.2) is 0 Å². The fraction of sp³-hybridized carbons (Fsp3) is 0.857. The number of carbonyl (C=O) groups is 2. The molecule has 0 aromatic rings. The highest BCUT2D eigenvalue weighted by Gasteiger charge is 2.15. The zero-order valence-electron chi connectivity index (χ0n) is 13.0. The molecule has 0 aliphatic rings. The van der Waals surface area contributed by atoms with Crippen LogP contribution in [0.1, 0.15) is 33.6 Å². The number of alkyl halides is 2. The topological polar surface area (TPSA) is 57.0 Å². The average Bonchev–Trinajstić information content (AvgIpc) is 2.43. The molecule has 0 aliphatic carbocycles. The fourth-order valence-corrected chi connectivity index (χ4v) is 1.98. The highest BCUT2D eigenvalue weighted by Crippen LogP contribution is 2.00. The number of hydrogen-bond acceptors (Lipinski definition) is 4. The molecule has 0 aromatic carbocycles. The Kier molecular flexibility index (Phi) is 13.1. The van der Waals surface area contributed by atoms with Gasteiger partial charge in [-0.1, -0.05) is 58.5 Å². The van der Waals surface area contributed by atoms with E-state index in [0.29, 0.717) is 13.2 Å². The van der Waals surface area contributed by atoms with E-state index in [-0.39, 0.29) is 19.8 Å². The second kappa shape index (κ2) is 12.9. The van der Waals surface area contributed by atoms with Crippen LogP contribution in [0, 0.1) is 0 Å². The Labute approximate surface area is 154 Å². The van der Waals surface area contributed by atoms with Gasteiger partial charge >= 0.3 is 11.9 Å². The van der Waals surface area contributed by atoms with Crippen LogP contribution < -0.4 is 4.90 Å². The average molecular weight is 526 g/mol. The van der Waals surface area contributed by atoms with Gasteiger partial charge in [0.1, 0.15) is 34.2 Å². The molecule has 21 heavy (non-hydrogen) atoms. The van der Waals surface area contributed by atoms with Crippen LogP contribution in [0.4, 0.5) is 0 Å². The summed E-state index contributed by atoms with van der Waals surface area (Å²) in [6.45, 7) is 9.13. The highest BCUT2D eigenvalue weighted by atomic mass is 127. The molecule has 124 valence electrons. The minimum absolute atomic E-state index is 0.118. The van der Waals surface area contributed by atoms with Crippen molar-refractivity contribution >= 4 is 57.1 Å². The maximum Gasteiger partial charge on any atom is 0.318 e. The molecule has 0 aromatic heterocycles. The van der Waals surface area contributed by atoms with E-state index in [1.54, 1.807) is 0 Å². The van der Waals surface area contributed by atoms with Gasteiger partial charge in [-0.3, -0.25) is 9.59 Å². The molecule has 0 bridgehead atoms. The van der Waals surface area contributed by atoms with Gasteiger partial charge < -0.3 is 14.4 Å². The van der Waals surface area contributed by atoms with Gasteiger partial charge in [0.05, 0.1) is 6.54 Å². The number of esters is 2. The van der Waals surface area contributed by atoms with E-state index in [4.69, 9.17) is 9.47 Å². The number of carbonyl (C=O) groups excluding carboxylic acids is 2. The number of rotatable bonds is 11. The Bertz CT molecular complexity index is 285. The normalized spacial score (nSPS) is 15.1. The van der Waals surface area contributed by atoms with Gasteiger partial charge in [-0.2, -0.15) is 0 Å². The lowest BCUT2D eigenvalue weighted by atomic mass is 10.3. The Balaban J connectivity index is 4.02. The molecule has 0 saturated heterocycles. The predicted molar refractivity (Wildman–Crippen MR) is 99.4 cm³/mol. The molecule has 0 aliphatic heterocycles. The van der Waals surface area contributed by atoms with E-state index in [9.17, 15) is 9.59 Å². The van der Waals surface area contributed by atoms with Crippen molar-refractivity contribution < 1.29 is 24.0 Å². The summed E-state index contributed by atoms with van der Waals surface area (Å²) in [5.41, 5.74) is 0. The van der Waals surface area contributed by atoms with Crippen LogP contribution in [-0.4, -0.2) is 52.6 Å². The molecule has 0 amide bonds. The van der Waals surface area contributed by atoms with Crippen molar-refractivity contribution in [1.82, 2.24) is 0 Å². The van der Waals surface area contributed by atoms with Crippen LogP contribution in [-0.2, 0) is 19.1 Å². The van der Waals surface area contributed by atoms with Gasteiger partial charge in [0.2, 0.25) is 0 Å². The maximum absolute atomic E-state index is 11.4. The van der Waals surface area contributed by atoms with Gasteiger partial charge in [-0.05, 0) is 20.3 Å². The molecule has 2 atom stereocenters. The first-order chi connectivity index (χ1) is 9.88. The molecule has 7 heteroatoms. The van der Waals surface area contributed by atoms with Gasteiger partial charge in [-0.15, -0.1) is 0 Å². The Morgan fingerprint density at radius 2 is 1.38 bits per heavy atom. The molecule has 0 heterocycles. The first-order valence-electron chi connectivity index (χ1n) is 7.33. The van der Waals surface area contributed by atoms with E-state index in [0.717, 1.165) is 32.5 Å². The van der Waals surface area contributed by atoms with Gasteiger partial charge in [0, 0.05) is 0 Å². The molecular formula is C14H26I2NO4+. The molecule has 0 saturated carbocycles. The number of nitrogens with one attached hydrogen (secondary N) is 1. The summed E-state index contributed by atoms with van der Waals surface area (Å²) in [6.07, 6.45) is 2.24. The zero-order valence-corrected chi connectivity index (χ0v) is 17.3. The summed E-state index contributed by atoms with van der Waals surface area (Å²) in [5, 5.41) is 0. The van der Waals surface area contributed by atoms with Crippen molar-refractivity contribution in [2.75, 3.05) is 32.8 Å². The van der Waals surface area contributed by atoms with Crippen LogP contribution >= 0.6 is 45.2 Å². The monoisotopic (exact) mass is 526 g/mol. The molecule has 1 N–H and O–H groups in total. The molecule has 0 fully saturated rings. The largest absolute Gasteiger partial charge is 0.459 e. The number of ether oxygens (including phenoxy) is 2. The van der Waals surface area contributed by atoms with Crippen molar-refractivity contribution in [2.24, 2.45) is 0 Å². The van der Waals surface area contributed by atoms with Crippen molar-refractivity contribution in [3.05, 3.63) is 0 Å². The number of quaternary nitrogens is 1. The third kappa shape index (κ3) is 11.6.